The summed E-state index contributed by atoms with van der Waals surface area (Å²) >= 11 is 15.2. The van der Waals surface area contributed by atoms with Crippen LogP contribution in [0.1, 0.15) is 6.42 Å². The van der Waals surface area contributed by atoms with Crippen molar-refractivity contribution in [3.8, 4) is 0 Å². The topological polar surface area (TPSA) is 20.3 Å². The van der Waals surface area contributed by atoms with Gasteiger partial charge in [0.25, 0.3) is 0 Å². The first-order valence-electron chi connectivity index (χ1n) is 4.93. The molecule has 0 spiro atoms. The fourth-order valence-electron chi connectivity index (χ4n) is 1.81. The van der Waals surface area contributed by atoms with Gasteiger partial charge in [0.05, 0.1) is 10.7 Å². The van der Waals surface area contributed by atoms with Gasteiger partial charge in [0, 0.05) is 23.3 Å². The Balaban J connectivity index is 2.30. The summed E-state index contributed by atoms with van der Waals surface area (Å²) in [6.07, 6.45) is 0.506. The van der Waals surface area contributed by atoms with E-state index in [0.717, 1.165) is 10.2 Å². The number of hydrogen-bond acceptors (Lipinski definition) is 1. The fourth-order valence-corrected chi connectivity index (χ4v) is 2.59. The molecule has 2 nitrogen and oxygen atoms in total. The number of anilines is 1. The Morgan fingerprint density at radius 3 is 2.88 bits per heavy atom. The van der Waals surface area contributed by atoms with Crippen LogP contribution >= 0.6 is 39.1 Å². The molecule has 1 heterocycles. The number of rotatable bonds is 2. The van der Waals surface area contributed by atoms with Gasteiger partial charge < -0.3 is 4.90 Å². The van der Waals surface area contributed by atoms with E-state index >= 15 is 0 Å². The molecular formula is C11H10BrCl2NO. The molecular weight excluding hydrogens is 313 g/mol. The molecule has 1 fully saturated rings. The maximum absolute atomic E-state index is 11.8. The first-order chi connectivity index (χ1) is 7.61. The maximum Gasteiger partial charge on any atom is 0.227 e. The van der Waals surface area contributed by atoms with Crippen molar-refractivity contribution >= 4 is 50.7 Å². The first kappa shape index (κ1) is 12.2. The minimum atomic E-state index is 0.0886. The maximum atomic E-state index is 11.8. The van der Waals surface area contributed by atoms with Crippen molar-refractivity contribution in [3.63, 3.8) is 0 Å². The van der Waals surface area contributed by atoms with E-state index in [1.54, 1.807) is 11.0 Å². The Morgan fingerprint density at radius 2 is 2.25 bits per heavy atom. The minimum absolute atomic E-state index is 0.0886. The molecule has 1 aliphatic rings. The number of halogens is 3. The largest absolute Gasteiger partial charge is 0.311 e. The van der Waals surface area contributed by atoms with Gasteiger partial charge in [-0.3, -0.25) is 4.79 Å². The van der Waals surface area contributed by atoms with Crippen molar-refractivity contribution < 1.29 is 4.79 Å². The first-order valence-corrected chi connectivity index (χ1v) is 6.63. The van der Waals surface area contributed by atoms with Crippen LogP contribution < -0.4 is 4.90 Å². The third-order valence-electron chi connectivity index (χ3n) is 2.62. The Morgan fingerprint density at radius 1 is 1.50 bits per heavy atom. The molecule has 0 N–H and O–H groups in total. The summed E-state index contributed by atoms with van der Waals surface area (Å²) < 4.78 is 0.911. The summed E-state index contributed by atoms with van der Waals surface area (Å²) in [4.78, 5) is 13.5. The van der Waals surface area contributed by atoms with Gasteiger partial charge in [0.2, 0.25) is 5.91 Å². The Labute approximate surface area is 113 Å². The Bertz CT molecular complexity index is 424. The van der Waals surface area contributed by atoms with Crippen LogP contribution in [-0.2, 0) is 4.79 Å². The van der Waals surface area contributed by atoms with Crippen molar-refractivity contribution in [3.05, 3.63) is 27.7 Å². The number of nitrogens with zero attached hydrogens (tertiary/aromatic N) is 1. The molecule has 1 amide bonds. The molecule has 1 saturated heterocycles. The molecule has 1 atom stereocenters. The summed E-state index contributed by atoms with van der Waals surface area (Å²) in [6.45, 7) is 0.651. The van der Waals surface area contributed by atoms with Crippen LogP contribution in [0, 0.1) is 5.92 Å². The van der Waals surface area contributed by atoms with Gasteiger partial charge in [-0.15, -0.1) is 11.6 Å². The number of benzene rings is 1. The third kappa shape index (κ3) is 2.36. The van der Waals surface area contributed by atoms with Crippen LogP contribution in [0.15, 0.2) is 22.7 Å². The number of carbonyl (C=O) groups excluding carboxylic acids is 1. The molecule has 1 aromatic rings. The van der Waals surface area contributed by atoms with Crippen molar-refractivity contribution in [2.24, 2.45) is 5.92 Å². The number of amides is 1. The number of hydrogen-bond donors (Lipinski definition) is 0. The van der Waals surface area contributed by atoms with Gasteiger partial charge in [-0.25, -0.2) is 0 Å². The van der Waals surface area contributed by atoms with Gasteiger partial charge in [-0.2, -0.15) is 0 Å². The monoisotopic (exact) mass is 321 g/mol. The van der Waals surface area contributed by atoms with E-state index in [1.165, 1.54) is 0 Å². The Hall–Kier alpha value is -0.250. The molecule has 0 radical (unpaired) electrons. The highest BCUT2D eigenvalue weighted by atomic mass is 79.9. The fraction of sp³-hybridized carbons (Fsp3) is 0.364. The van der Waals surface area contributed by atoms with Crippen molar-refractivity contribution in [1.82, 2.24) is 0 Å². The van der Waals surface area contributed by atoms with Crippen LogP contribution in [0.2, 0.25) is 5.02 Å². The SMILES string of the molecule is O=C1CC(CCl)CN1c1cc(Br)ccc1Cl. The predicted molar refractivity (Wildman–Crippen MR) is 70.3 cm³/mol. The smallest absolute Gasteiger partial charge is 0.227 e. The molecule has 0 bridgehead atoms. The molecule has 86 valence electrons. The highest BCUT2D eigenvalue weighted by Gasteiger charge is 2.31. The average Bonchev–Trinajstić information content (AvgIpc) is 2.63. The summed E-state index contributed by atoms with van der Waals surface area (Å²) in [7, 11) is 0. The quantitative estimate of drug-likeness (QED) is 0.760. The lowest BCUT2D eigenvalue weighted by molar-refractivity contribution is -0.117. The van der Waals surface area contributed by atoms with E-state index in [1.807, 2.05) is 12.1 Å². The lowest BCUT2D eigenvalue weighted by Gasteiger charge is -2.18. The second-order valence-electron chi connectivity index (χ2n) is 3.82. The van der Waals surface area contributed by atoms with Crippen molar-refractivity contribution in [2.75, 3.05) is 17.3 Å². The number of alkyl halides is 1. The molecule has 16 heavy (non-hydrogen) atoms. The Kier molecular flexibility index (Phi) is 3.77. The lowest BCUT2D eigenvalue weighted by Crippen LogP contribution is -2.24. The van der Waals surface area contributed by atoms with Crippen molar-refractivity contribution in [1.29, 1.82) is 0 Å². The summed E-state index contributed by atoms with van der Waals surface area (Å²) in [6, 6.07) is 5.49. The molecule has 2 rings (SSSR count). The third-order valence-corrected chi connectivity index (χ3v) is 3.87. The van der Waals surface area contributed by atoms with Gasteiger partial charge >= 0.3 is 0 Å². The normalized spacial score (nSPS) is 20.6. The molecule has 0 aromatic heterocycles. The van der Waals surface area contributed by atoms with Crippen LogP contribution in [0.25, 0.3) is 0 Å². The zero-order valence-corrected chi connectivity index (χ0v) is 11.5. The van der Waals surface area contributed by atoms with Crippen molar-refractivity contribution in [2.45, 2.75) is 6.42 Å². The summed E-state index contributed by atoms with van der Waals surface area (Å²) in [5.41, 5.74) is 0.758. The summed E-state index contributed by atoms with van der Waals surface area (Å²) in [5.74, 6) is 0.822. The molecule has 1 unspecified atom stereocenters. The molecule has 0 saturated carbocycles. The highest BCUT2D eigenvalue weighted by Crippen LogP contribution is 2.33. The van der Waals surface area contributed by atoms with Gasteiger partial charge in [-0.1, -0.05) is 27.5 Å². The highest BCUT2D eigenvalue weighted by molar-refractivity contribution is 9.10. The zero-order chi connectivity index (χ0) is 11.7. The van der Waals surface area contributed by atoms with Gasteiger partial charge in [-0.05, 0) is 24.1 Å². The van der Waals surface area contributed by atoms with E-state index in [0.29, 0.717) is 23.9 Å². The van der Waals surface area contributed by atoms with Gasteiger partial charge in [0.1, 0.15) is 0 Å². The standard InChI is InChI=1S/C11H10BrCl2NO/c12-8-1-2-9(14)10(4-8)15-6-7(5-13)3-11(15)16/h1-2,4,7H,3,5-6H2. The van der Waals surface area contributed by atoms with Gasteiger partial charge in [0.15, 0.2) is 0 Å². The van der Waals surface area contributed by atoms with Crippen LogP contribution in [0.4, 0.5) is 5.69 Å². The molecule has 5 heteroatoms. The molecule has 0 aliphatic carbocycles. The van der Waals surface area contributed by atoms with E-state index in [2.05, 4.69) is 15.9 Å². The van der Waals surface area contributed by atoms with E-state index in [9.17, 15) is 4.79 Å². The average molecular weight is 323 g/mol. The van der Waals surface area contributed by atoms with E-state index < -0.39 is 0 Å². The second-order valence-corrected chi connectivity index (χ2v) is 5.46. The predicted octanol–water partition coefficient (Wildman–Crippen LogP) is 3.69. The van der Waals surface area contributed by atoms with Crippen LogP contribution in [0.3, 0.4) is 0 Å². The summed E-state index contributed by atoms with van der Waals surface area (Å²) in [5, 5.41) is 0.590. The second kappa shape index (κ2) is 4.94. The number of carbonyl (C=O) groups is 1. The van der Waals surface area contributed by atoms with E-state index in [-0.39, 0.29) is 11.8 Å². The zero-order valence-electron chi connectivity index (χ0n) is 8.42. The molecule has 1 aliphatic heterocycles. The lowest BCUT2D eigenvalue weighted by atomic mass is 10.1. The van der Waals surface area contributed by atoms with Crippen LogP contribution in [-0.4, -0.2) is 18.3 Å². The van der Waals surface area contributed by atoms with Crippen LogP contribution in [0.5, 0.6) is 0 Å². The minimum Gasteiger partial charge on any atom is -0.311 e. The molecule has 1 aromatic carbocycles. The van der Waals surface area contributed by atoms with E-state index in [4.69, 9.17) is 23.2 Å².